The zero-order valence-corrected chi connectivity index (χ0v) is 8.18. The van der Waals surface area contributed by atoms with Gasteiger partial charge in [0, 0.05) is 5.41 Å². The Labute approximate surface area is 74.5 Å². The maximum Gasteiger partial charge on any atom is 0.205 e. The van der Waals surface area contributed by atoms with Gasteiger partial charge in [0.1, 0.15) is 0 Å². The minimum absolute atomic E-state index is 0.0874. The summed E-state index contributed by atoms with van der Waals surface area (Å²) in [5, 5.41) is 0. The van der Waals surface area contributed by atoms with Crippen LogP contribution in [0.5, 0.6) is 0 Å². The van der Waals surface area contributed by atoms with Gasteiger partial charge in [0.25, 0.3) is 0 Å². The van der Waals surface area contributed by atoms with Crippen molar-refractivity contribution < 1.29 is 4.79 Å². The summed E-state index contributed by atoms with van der Waals surface area (Å²) in [6.45, 7) is 6.69. The van der Waals surface area contributed by atoms with Crippen molar-refractivity contribution in [3.63, 3.8) is 0 Å². The minimum atomic E-state index is -0.0874. The van der Waals surface area contributed by atoms with E-state index < -0.39 is 0 Å². The lowest BCUT2D eigenvalue weighted by Crippen LogP contribution is -2.62. The van der Waals surface area contributed by atoms with Gasteiger partial charge in [-0.1, -0.05) is 20.8 Å². The van der Waals surface area contributed by atoms with Crippen molar-refractivity contribution in [1.29, 1.82) is 0 Å². The summed E-state index contributed by atoms with van der Waals surface area (Å²) in [5.74, 6) is 1.34. The quantitative estimate of drug-likeness (QED) is 0.583. The lowest BCUT2D eigenvalue weighted by atomic mass is 9.37. The van der Waals surface area contributed by atoms with Crippen LogP contribution in [0, 0.1) is 22.7 Å². The molecule has 0 aromatic heterocycles. The molecule has 1 radical (unpaired) electrons. The lowest BCUT2D eigenvalue weighted by molar-refractivity contribution is -0.145. The third-order valence-corrected chi connectivity index (χ3v) is 4.71. The Morgan fingerprint density at radius 2 is 2.00 bits per heavy atom. The van der Waals surface area contributed by atoms with Crippen LogP contribution in [0.3, 0.4) is 0 Å². The van der Waals surface area contributed by atoms with Crippen LogP contribution in [0.15, 0.2) is 0 Å². The molecule has 0 amide bonds. The minimum Gasteiger partial charge on any atom is -0.290 e. The Morgan fingerprint density at radius 3 is 2.33 bits per heavy atom. The van der Waals surface area contributed by atoms with Gasteiger partial charge in [0.15, 0.2) is 0 Å². The molecule has 2 bridgehead atoms. The molecule has 1 nitrogen and oxygen atoms in total. The molecular weight excluding hydrogens is 148 g/mol. The standard InChI is InChI=1S/C11H17O/c1-8-4-5-9-6-11(8,7-12)10(9,2)3/h8-9H,4-6H2,1-3H3. The average molecular weight is 165 g/mol. The van der Waals surface area contributed by atoms with Crippen molar-refractivity contribution in [2.24, 2.45) is 22.7 Å². The van der Waals surface area contributed by atoms with E-state index in [2.05, 4.69) is 27.1 Å². The number of rotatable bonds is 1. The first kappa shape index (κ1) is 8.28. The molecule has 0 saturated heterocycles. The number of fused-ring (bicyclic) bond motifs is 2. The van der Waals surface area contributed by atoms with E-state index in [0.29, 0.717) is 5.92 Å². The molecule has 12 heavy (non-hydrogen) atoms. The Hall–Kier alpha value is -0.330. The molecule has 3 unspecified atom stereocenters. The summed E-state index contributed by atoms with van der Waals surface area (Å²) >= 11 is 0. The highest BCUT2D eigenvalue weighted by molar-refractivity contribution is 5.65. The fourth-order valence-electron chi connectivity index (χ4n) is 3.41. The lowest BCUT2D eigenvalue weighted by Gasteiger charge is -2.65. The molecule has 3 atom stereocenters. The van der Waals surface area contributed by atoms with Crippen molar-refractivity contribution in [3.05, 3.63) is 0 Å². The van der Waals surface area contributed by atoms with Crippen molar-refractivity contribution in [1.82, 2.24) is 0 Å². The highest BCUT2D eigenvalue weighted by Crippen LogP contribution is 2.68. The zero-order valence-electron chi connectivity index (χ0n) is 8.18. The largest absolute Gasteiger partial charge is 0.290 e. The van der Waals surface area contributed by atoms with E-state index in [1.165, 1.54) is 12.8 Å². The van der Waals surface area contributed by atoms with Gasteiger partial charge in [-0.15, -0.1) is 0 Å². The highest BCUT2D eigenvalue weighted by Gasteiger charge is 2.65. The third-order valence-electron chi connectivity index (χ3n) is 4.71. The summed E-state index contributed by atoms with van der Waals surface area (Å²) in [4.78, 5) is 11.0. The Morgan fingerprint density at radius 1 is 1.33 bits per heavy atom. The van der Waals surface area contributed by atoms with E-state index in [1.807, 2.05) is 0 Å². The van der Waals surface area contributed by atoms with E-state index in [9.17, 15) is 4.79 Å². The van der Waals surface area contributed by atoms with Gasteiger partial charge in [-0.3, -0.25) is 4.79 Å². The van der Waals surface area contributed by atoms with E-state index >= 15 is 0 Å². The molecule has 0 aromatic rings. The number of hydrogen-bond donors (Lipinski definition) is 0. The second-order valence-electron chi connectivity index (χ2n) is 5.17. The second-order valence-corrected chi connectivity index (χ2v) is 5.17. The van der Waals surface area contributed by atoms with Crippen LogP contribution in [0.2, 0.25) is 0 Å². The van der Waals surface area contributed by atoms with Crippen LogP contribution in [0.1, 0.15) is 40.0 Å². The van der Waals surface area contributed by atoms with Gasteiger partial charge in [-0.25, -0.2) is 0 Å². The van der Waals surface area contributed by atoms with Gasteiger partial charge in [-0.05, 0) is 36.5 Å². The molecule has 1 heteroatoms. The zero-order chi connectivity index (χ0) is 8.98. The molecule has 3 rings (SSSR count). The maximum atomic E-state index is 11.0. The van der Waals surface area contributed by atoms with Gasteiger partial charge in [0.2, 0.25) is 6.29 Å². The summed E-state index contributed by atoms with van der Waals surface area (Å²) in [6, 6.07) is 0. The van der Waals surface area contributed by atoms with Crippen LogP contribution >= 0.6 is 0 Å². The Kier molecular flexibility index (Phi) is 1.47. The van der Waals surface area contributed by atoms with Crippen molar-refractivity contribution in [3.8, 4) is 0 Å². The van der Waals surface area contributed by atoms with E-state index in [0.717, 1.165) is 12.3 Å². The molecule has 3 aliphatic carbocycles. The van der Waals surface area contributed by atoms with E-state index in [4.69, 9.17) is 0 Å². The summed E-state index contributed by atoms with van der Waals surface area (Å²) in [6.07, 6.45) is 5.98. The first-order chi connectivity index (χ1) is 5.54. The van der Waals surface area contributed by atoms with Gasteiger partial charge < -0.3 is 0 Å². The molecule has 0 heterocycles. The SMILES string of the molecule is CC1CCC2CC1([C]=O)C2(C)C. The Bertz CT molecular complexity index is 219. The normalized spacial score (nSPS) is 49.6. The van der Waals surface area contributed by atoms with Crippen LogP contribution in [0.25, 0.3) is 0 Å². The second kappa shape index (κ2) is 2.12. The van der Waals surface area contributed by atoms with Crippen LogP contribution in [0.4, 0.5) is 0 Å². The molecule has 3 aliphatic rings. The van der Waals surface area contributed by atoms with Gasteiger partial charge >= 0.3 is 0 Å². The first-order valence-electron chi connectivity index (χ1n) is 4.94. The molecular formula is C11H17O. The summed E-state index contributed by atoms with van der Waals surface area (Å²) < 4.78 is 0. The molecule has 0 aromatic carbocycles. The molecule has 3 fully saturated rings. The predicted octanol–water partition coefficient (Wildman–Crippen LogP) is 2.56. The van der Waals surface area contributed by atoms with Crippen molar-refractivity contribution in [2.45, 2.75) is 40.0 Å². The Balaban J connectivity index is 2.35. The number of carbonyl (C=O) groups excluding carboxylic acids is 1. The molecule has 0 aliphatic heterocycles. The highest BCUT2D eigenvalue weighted by atomic mass is 16.1. The van der Waals surface area contributed by atoms with Crippen LogP contribution < -0.4 is 0 Å². The molecule has 3 saturated carbocycles. The summed E-state index contributed by atoms with van der Waals surface area (Å²) in [7, 11) is 0. The monoisotopic (exact) mass is 165 g/mol. The first-order valence-corrected chi connectivity index (χ1v) is 4.94. The van der Waals surface area contributed by atoms with Crippen LogP contribution in [-0.4, -0.2) is 6.29 Å². The fourth-order valence-corrected chi connectivity index (χ4v) is 3.41. The third kappa shape index (κ3) is 0.641. The summed E-state index contributed by atoms with van der Waals surface area (Å²) in [5.41, 5.74) is 0.141. The fraction of sp³-hybridized carbons (Fsp3) is 0.909. The van der Waals surface area contributed by atoms with E-state index in [-0.39, 0.29) is 10.8 Å². The predicted molar refractivity (Wildman–Crippen MR) is 48.4 cm³/mol. The molecule has 0 N–H and O–H groups in total. The topological polar surface area (TPSA) is 17.1 Å². The maximum absolute atomic E-state index is 11.0. The van der Waals surface area contributed by atoms with E-state index in [1.54, 1.807) is 0 Å². The van der Waals surface area contributed by atoms with Gasteiger partial charge in [-0.2, -0.15) is 0 Å². The molecule has 67 valence electrons. The smallest absolute Gasteiger partial charge is 0.205 e. The van der Waals surface area contributed by atoms with Crippen molar-refractivity contribution >= 4 is 6.29 Å². The molecule has 0 spiro atoms. The van der Waals surface area contributed by atoms with Gasteiger partial charge in [0.05, 0.1) is 0 Å². The number of hydrogen-bond acceptors (Lipinski definition) is 1. The van der Waals surface area contributed by atoms with Crippen LogP contribution in [-0.2, 0) is 4.79 Å². The average Bonchev–Trinajstić information content (AvgIpc) is 2.04. The van der Waals surface area contributed by atoms with Crippen molar-refractivity contribution in [2.75, 3.05) is 0 Å².